The Hall–Kier alpha value is -1.63. The number of benzene rings is 2. The maximum absolute atomic E-state index is 14.5. The molecule has 1 fully saturated rings. The van der Waals surface area contributed by atoms with Gasteiger partial charge in [0.05, 0.1) is 0 Å². The average Bonchev–Trinajstić information content (AvgIpc) is 2.56. The van der Waals surface area contributed by atoms with Gasteiger partial charge in [-0.2, -0.15) is 0 Å². The second kappa shape index (κ2) is 7.09. The summed E-state index contributed by atoms with van der Waals surface area (Å²) in [7, 11) is 0. The Morgan fingerprint density at radius 2 is 1.68 bits per heavy atom. The van der Waals surface area contributed by atoms with Crippen LogP contribution >= 0.6 is 0 Å². The van der Waals surface area contributed by atoms with E-state index in [9.17, 15) is 4.39 Å². The third-order valence-electron chi connectivity index (χ3n) is 5.09. The molecule has 1 saturated carbocycles. The summed E-state index contributed by atoms with van der Waals surface area (Å²) in [5, 5.41) is 0. The lowest BCUT2D eigenvalue weighted by Gasteiger charge is -2.28. The summed E-state index contributed by atoms with van der Waals surface area (Å²) in [5.74, 6) is 1.36. The minimum absolute atomic E-state index is 0.0839. The van der Waals surface area contributed by atoms with Gasteiger partial charge in [0.1, 0.15) is 5.82 Å². The minimum atomic E-state index is -0.0839. The van der Waals surface area contributed by atoms with Gasteiger partial charge in [0, 0.05) is 5.56 Å². The van der Waals surface area contributed by atoms with Crippen LogP contribution in [0.2, 0.25) is 0 Å². The van der Waals surface area contributed by atoms with Gasteiger partial charge >= 0.3 is 0 Å². The molecule has 0 unspecified atom stereocenters. The monoisotopic (exact) mass is 296 g/mol. The highest BCUT2D eigenvalue weighted by atomic mass is 19.1. The van der Waals surface area contributed by atoms with Crippen LogP contribution in [0, 0.1) is 11.7 Å². The molecule has 0 aliphatic heterocycles. The molecule has 0 atom stereocenters. The summed E-state index contributed by atoms with van der Waals surface area (Å²) < 4.78 is 14.5. The summed E-state index contributed by atoms with van der Waals surface area (Å²) >= 11 is 0. The summed E-state index contributed by atoms with van der Waals surface area (Å²) in [6.07, 6.45) is 7.69. The Morgan fingerprint density at radius 1 is 0.955 bits per heavy atom. The predicted octanol–water partition coefficient (Wildman–Crippen LogP) is 6.57. The number of rotatable bonds is 4. The smallest absolute Gasteiger partial charge is 0.131 e. The molecule has 0 radical (unpaired) electrons. The SMILES string of the molecule is CCC[C@H]1CC[C@H](c2ccc(-c3ccccc3)c(F)c2)CC1. The van der Waals surface area contributed by atoms with Crippen molar-refractivity contribution in [1.82, 2.24) is 0 Å². The molecule has 1 heteroatoms. The van der Waals surface area contributed by atoms with Gasteiger partial charge in [0.25, 0.3) is 0 Å². The van der Waals surface area contributed by atoms with Gasteiger partial charge in [-0.05, 0) is 54.7 Å². The van der Waals surface area contributed by atoms with E-state index in [0.717, 1.165) is 11.5 Å². The summed E-state index contributed by atoms with van der Waals surface area (Å²) in [4.78, 5) is 0. The van der Waals surface area contributed by atoms with Crippen LogP contribution in [0.4, 0.5) is 4.39 Å². The molecule has 0 spiro atoms. The minimum Gasteiger partial charge on any atom is -0.206 e. The lowest BCUT2D eigenvalue weighted by Crippen LogP contribution is -2.13. The van der Waals surface area contributed by atoms with E-state index < -0.39 is 0 Å². The van der Waals surface area contributed by atoms with Crippen molar-refractivity contribution in [2.75, 3.05) is 0 Å². The Morgan fingerprint density at radius 3 is 2.32 bits per heavy atom. The van der Waals surface area contributed by atoms with Gasteiger partial charge in [-0.25, -0.2) is 4.39 Å². The van der Waals surface area contributed by atoms with Crippen LogP contribution in [-0.4, -0.2) is 0 Å². The highest BCUT2D eigenvalue weighted by Crippen LogP contribution is 2.38. The van der Waals surface area contributed by atoms with Crippen molar-refractivity contribution in [3.63, 3.8) is 0 Å². The van der Waals surface area contributed by atoms with Gasteiger partial charge in [-0.15, -0.1) is 0 Å². The molecule has 0 bridgehead atoms. The van der Waals surface area contributed by atoms with E-state index in [0.29, 0.717) is 11.5 Å². The largest absolute Gasteiger partial charge is 0.206 e. The molecule has 2 aromatic carbocycles. The first-order chi connectivity index (χ1) is 10.8. The maximum Gasteiger partial charge on any atom is 0.131 e. The van der Waals surface area contributed by atoms with Crippen LogP contribution in [0.15, 0.2) is 48.5 Å². The fourth-order valence-corrected chi connectivity index (χ4v) is 3.83. The fraction of sp³-hybridized carbons (Fsp3) is 0.429. The van der Waals surface area contributed by atoms with Gasteiger partial charge in [-0.3, -0.25) is 0 Å². The zero-order valence-corrected chi connectivity index (χ0v) is 13.4. The second-order valence-corrected chi connectivity index (χ2v) is 6.61. The number of hydrogen-bond acceptors (Lipinski definition) is 0. The van der Waals surface area contributed by atoms with E-state index in [-0.39, 0.29) is 5.82 Å². The normalized spacial score (nSPS) is 21.7. The lowest BCUT2D eigenvalue weighted by atomic mass is 9.77. The van der Waals surface area contributed by atoms with Crippen molar-refractivity contribution < 1.29 is 4.39 Å². The number of hydrogen-bond donors (Lipinski definition) is 0. The topological polar surface area (TPSA) is 0 Å². The molecule has 116 valence electrons. The Bertz CT molecular complexity index is 595. The summed E-state index contributed by atoms with van der Waals surface area (Å²) in [6, 6.07) is 15.7. The molecule has 2 aromatic rings. The van der Waals surface area contributed by atoms with Gasteiger partial charge in [0.15, 0.2) is 0 Å². The molecule has 1 aliphatic rings. The van der Waals surface area contributed by atoms with Crippen LogP contribution in [0.5, 0.6) is 0 Å². The van der Waals surface area contributed by atoms with Crippen molar-refractivity contribution in [3.05, 3.63) is 59.9 Å². The number of halogens is 1. The molecule has 0 heterocycles. The summed E-state index contributed by atoms with van der Waals surface area (Å²) in [6.45, 7) is 2.27. The molecule has 22 heavy (non-hydrogen) atoms. The van der Waals surface area contributed by atoms with Crippen molar-refractivity contribution in [2.24, 2.45) is 5.92 Å². The molecule has 0 N–H and O–H groups in total. The van der Waals surface area contributed by atoms with Crippen molar-refractivity contribution in [2.45, 2.75) is 51.4 Å². The van der Waals surface area contributed by atoms with E-state index in [2.05, 4.69) is 13.0 Å². The molecule has 3 rings (SSSR count). The zero-order chi connectivity index (χ0) is 15.4. The summed E-state index contributed by atoms with van der Waals surface area (Å²) in [5.41, 5.74) is 2.86. The van der Waals surface area contributed by atoms with Crippen LogP contribution in [0.1, 0.15) is 56.9 Å². The van der Waals surface area contributed by atoms with Crippen molar-refractivity contribution in [3.8, 4) is 11.1 Å². The highest BCUT2D eigenvalue weighted by Gasteiger charge is 2.22. The molecular weight excluding hydrogens is 271 g/mol. The molecule has 0 saturated heterocycles. The van der Waals surface area contributed by atoms with Gasteiger partial charge in [0.2, 0.25) is 0 Å². The Balaban J connectivity index is 1.73. The van der Waals surface area contributed by atoms with E-state index in [1.807, 2.05) is 36.4 Å². The molecule has 1 aliphatic carbocycles. The Kier molecular flexibility index (Phi) is 4.92. The second-order valence-electron chi connectivity index (χ2n) is 6.61. The van der Waals surface area contributed by atoms with Crippen molar-refractivity contribution >= 4 is 0 Å². The lowest BCUT2D eigenvalue weighted by molar-refractivity contribution is 0.308. The van der Waals surface area contributed by atoms with E-state index in [4.69, 9.17) is 0 Å². The highest BCUT2D eigenvalue weighted by molar-refractivity contribution is 5.64. The first kappa shape index (κ1) is 15.3. The van der Waals surface area contributed by atoms with E-state index >= 15 is 0 Å². The zero-order valence-electron chi connectivity index (χ0n) is 13.4. The van der Waals surface area contributed by atoms with Crippen LogP contribution < -0.4 is 0 Å². The van der Waals surface area contributed by atoms with Gasteiger partial charge < -0.3 is 0 Å². The standard InChI is InChI=1S/C21H25F/c1-2-6-16-9-11-17(12-10-16)19-13-14-20(21(22)15-19)18-7-4-3-5-8-18/h3-5,7-8,13-17H,2,6,9-12H2,1H3/t16-,17-. The first-order valence-electron chi connectivity index (χ1n) is 8.62. The van der Waals surface area contributed by atoms with Crippen molar-refractivity contribution in [1.29, 1.82) is 0 Å². The fourth-order valence-electron chi connectivity index (χ4n) is 3.83. The van der Waals surface area contributed by atoms with Crippen LogP contribution in [0.25, 0.3) is 11.1 Å². The molecule has 0 amide bonds. The molecular formula is C21H25F. The van der Waals surface area contributed by atoms with E-state index in [1.165, 1.54) is 44.1 Å². The Labute approximate surface area is 133 Å². The average molecular weight is 296 g/mol. The van der Waals surface area contributed by atoms with Crippen LogP contribution in [0.3, 0.4) is 0 Å². The first-order valence-corrected chi connectivity index (χ1v) is 8.62. The molecule has 0 aromatic heterocycles. The van der Waals surface area contributed by atoms with Gasteiger partial charge in [-0.1, -0.05) is 62.2 Å². The van der Waals surface area contributed by atoms with Crippen LogP contribution in [-0.2, 0) is 0 Å². The maximum atomic E-state index is 14.5. The molecule has 0 nitrogen and oxygen atoms in total. The predicted molar refractivity (Wildman–Crippen MR) is 91.4 cm³/mol. The van der Waals surface area contributed by atoms with E-state index in [1.54, 1.807) is 6.07 Å². The third-order valence-corrected chi connectivity index (χ3v) is 5.09. The third kappa shape index (κ3) is 3.40. The quantitative estimate of drug-likeness (QED) is 0.598.